The zero-order chi connectivity index (χ0) is 19.3. The number of hydrogen-bond acceptors (Lipinski definition) is 2. The molecule has 4 nitrogen and oxygen atoms in total. The normalized spacial score (nSPS) is 26.9. The first-order chi connectivity index (χ1) is 13.0. The molecule has 0 aliphatic heterocycles. The maximum absolute atomic E-state index is 12.7. The Kier molecular flexibility index (Phi) is 6.67. The number of nitrogens with one attached hydrogen (secondary N) is 2. The van der Waals surface area contributed by atoms with Crippen LogP contribution >= 0.6 is 0 Å². The third kappa shape index (κ3) is 4.97. The van der Waals surface area contributed by atoms with Crippen LogP contribution in [-0.4, -0.2) is 26.2 Å². The number of hydrogen-bond donors (Lipinski definition) is 2. The van der Waals surface area contributed by atoms with Crippen LogP contribution in [0.1, 0.15) is 71.1 Å². The van der Waals surface area contributed by atoms with Gasteiger partial charge < -0.3 is 15.5 Å². The van der Waals surface area contributed by atoms with Gasteiger partial charge in [0.05, 0.1) is 0 Å². The Morgan fingerprint density at radius 2 is 1.59 bits per heavy atom. The van der Waals surface area contributed by atoms with Gasteiger partial charge in [0.15, 0.2) is 0 Å². The Morgan fingerprint density at radius 1 is 0.963 bits per heavy atom. The minimum atomic E-state index is -0.0562. The first-order valence-electron chi connectivity index (χ1n) is 10.8. The van der Waals surface area contributed by atoms with Crippen molar-refractivity contribution in [1.82, 2.24) is 5.32 Å². The van der Waals surface area contributed by atoms with Gasteiger partial charge in [-0.1, -0.05) is 45.4 Å². The third-order valence-electron chi connectivity index (χ3n) is 6.99. The largest absolute Gasteiger partial charge is 0.378 e. The van der Waals surface area contributed by atoms with E-state index in [2.05, 4.69) is 22.5 Å². The highest BCUT2D eigenvalue weighted by molar-refractivity contribution is 5.89. The van der Waals surface area contributed by atoms with Crippen LogP contribution in [0.15, 0.2) is 24.3 Å². The lowest BCUT2D eigenvalue weighted by atomic mass is 9.62. The molecule has 1 aromatic carbocycles. The molecule has 2 unspecified atom stereocenters. The highest BCUT2D eigenvalue weighted by atomic mass is 16.2. The number of carbonyl (C=O) groups is 1. The zero-order valence-electron chi connectivity index (χ0n) is 17.4. The highest BCUT2D eigenvalue weighted by Gasteiger charge is 2.43. The molecule has 2 fully saturated rings. The van der Waals surface area contributed by atoms with Gasteiger partial charge in [0.1, 0.15) is 0 Å². The average molecular weight is 372 g/mol. The lowest BCUT2D eigenvalue weighted by Crippen LogP contribution is -2.52. The second-order valence-electron chi connectivity index (χ2n) is 9.03. The minimum Gasteiger partial charge on any atom is -0.378 e. The van der Waals surface area contributed by atoms with E-state index in [1.54, 1.807) is 0 Å². The van der Waals surface area contributed by atoms with E-state index in [9.17, 15) is 4.79 Å². The van der Waals surface area contributed by atoms with Gasteiger partial charge in [0.25, 0.3) is 0 Å². The van der Waals surface area contributed by atoms with Crippen molar-refractivity contribution in [1.29, 1.82) is 0 Å². The molecule has 2 aliphatic rings. The summed E-state index contributed by atoms with van der Waals surface area (Å²) in [5.41, 5.74) is 2.23. The van der Waals surface area contributed by atoms with Gasteiger partial charge in [0.2, 0.25) is 0 Å². The molecule has 2 saturated carbocycles. The zero-order valence-corrected chi connectivity index (χ0v) is 17.4. The molecule has 4 heteroatoms. The van der Waals surface area contributed by atoms with Crippen LogP contribution in [-0.2, 0) is 0 Å². The lowest BCUT2D eigenvalue weighted by molar-refractivity contribution is 0.0658. The fourth-order valence-corrected chi connectivity index (χ4v) is 5.19. The van der Waals surface area contributed by atoms with E-state index in [4.69, 9.17) is 0 Å². The second kappa shape index (κ2) is 8.99. The number of urea groups is 1. The van der Waals surface area contributed by atoms with E-state index < -0.39 is 0 Å². The fourth-order valence-electron chi connectivity index (χ4n) is 5.19. The van der Waals surface area contributed by atoms with Gasteiger partial charge in [0, 0.05) is 31.5 Å². The van der Waals surface area contributed by atoms with Gasteiger partial charge in [-0.2, -0.15) is 0 Å². The van der Waals surface area contributed by atoms with Crippen LogP contribution < -0.4 is 15.5 Å². The van der Waals surface area contributed by atoms with Crippen LogP contribution in [0.5, 0.6) is 0 Å². The van der Waals surface area contributed by atoms with Gasteiger partial charge in [-0.05, 0) is 61.3 Å². The summed E-state index contributed by atoms with van der Waals surface area (Å²) >= 11 is 0. The van der Waals surface area contributed by atoms with Crippen LogP contribution in [0.2, 0.25) is 0 Å². The smallest absolute Gasteiger partial charge is 0.319 e. The number of amides is 2. The Hall–Kier alpha value is -1.71. The summed E-state index contributed by atoms with van der Waals surface area (Å²) in [5, 5.41) is 6.39. The molecule has 1 aromatic rings. The summed E-state index contributed by atoms with van der Waals surface area (Å²) in [4.78, 5) is 14.8. The van der Waals surface area contributed by atoms with Crippen LogP contribution in [0.3, 0.4) is 0 Å². The topological polar surface area (TPSA) is 44.4 Å². The maximum atomic E-state index is 12.7. The summed E-state index contributed by atoms with van der Waals surface area (Å²) in [5.74, 6) is 0.755. The highest BCUT2D eigenvalue weighted by Crippen LogP contribution is 2.47. The van der Waals surface area contributed by atoms with E-state index in [0.717, 1.165) is 23.7 Å². The molecule has 0 saturated heterocycles. The molecule has 2 N–H and O–H groups in total. The molecule has 27 heavy (non-hydrogen) atoms. The van der Waals surface area contributed by atoms with Gasteiger partial charge in [-0.15, -0.1) is 0 Å². The van der Waals surface area contributed by atoms with Crippen molar-refractivity contribution in [3.63, 3.8) is 0 Å². The SMILES string of the molecule is CN(C)c1ccc(NC(=O)NC2CCCCC2(C)C2CCCCCC2)cc1. The summed E-state index contributed by atoms with van der Waals surface area (Å²) < 4.78 is 0. The molecule has 0 bridgehead atoms. The number of rotatable bonds is 4. The molecule has 2 aliphatic carbocycles. The number of nitrogens with zero attached hydrogens (tertiary/aromatic N) is 1. The molecular formula is C23H37N3O. The van der Waals surface area contributed by atoms with Gasteiger partial charge in [-0.3, -0.25) is 0 Å². The predicted octanol–water partition coefficient (Wildman–Crippen LogP) is 5.79. The molecule has 2 atom stereocenters. The fraction of sp³-hybridized carbons (Fsp3) is 0.696. The standard InChI is InChI=1S/C23H37N3O/c1-23(18-10-6-4-5-7-11-18)17-9-8-12-21(23)25-22(27)24-19-13-15-20(16-14-19)26(2)3/h13-16,18,21H,4-12,17H2,1-3H3,(H2,24,25,27). The van der Waals surface area contributed by atoms with E-state index in [0.29, 0.717) is 0 Å². The number of anilines is 2. The molecule has 0 aromatic heterocycles. The van der Waals surface area contributed by atoms with E-state index in [-0.39, 0.29) is 17.5 Å². The maximum Gasteiger partial charge on any atom is 0.319 e. The van der Waals surface area contributed by atoms with Crippen molar-refractivity contribution in [2.75, 3.05) is 24.3 Å². The molecule has 150 valence electrons. The van der Waals surface area contributed by atoms with Crippen molar-refractivity contribution in [2.24, 2.45) is 11.3 Å². The van der Waals surface area contributed by atoms with E-state index in [1.165, 1.54) is 57.8 Å². The van der Waals surface area contributed by atoms with Crippen molar-refractivity contribution < 1.29 is 4.79 Å². The molecule has 0 radical (unpaired) electrons. The Bertz CT molecular complexity index is 605. The van der Waals surface area contributed by atoms with Crippen LogP contribution in [0.4, 0.5) is 16.2 Å². The number of carbonyl (C=O) groups excluding carboxylic acids is 1. The second-order valence-corrected chi connectivity index (χ2v) is 9.03. The van der Waals surface area contributed by atoms with Crippen LogP contribution in [0.25, 0.3) is 0 Å². The first-order valence-corrected chi connectivity index (χ1v) is 10.8. The van der Waals surface area contributed by atoms with Crippen molar-refractivity contribution in [2.45, 2.75) is 77.2 Å². The predicted molar refractivity (Wildman–Crippen MR) is 114 cm³/mol. The average Bonchev–Trinajstić information content (AvgIpc) is 2.94. The molecule has 0 heterocycles. The van der Waals surface area contributed by atoms with Crippen molar-refractivity contribution >= 4 is 17.4 Å². The van der Waals surface area contributed by atoms with Crippen molar-refractivity contribution in [3.05, 3.63) is 24.3 Å². The molecule has 0 spiro atoms. The Morgan fingerprint density at radius 3 is 2.22 bits per heavy atom. The van der Waals surface area contributed by atoms with Crippen LogP contribution in [0, 0.1) is 11.3 Å². The summed E-state index contributed by atoms with van der Waals surface area (Å²) in [6.45, 7) is 2.44. The molecule has 2 amide bonds. The monoisotopic (exact) mass is 371 g/mol. The minimum absolute atomic E-state index is 0.0562. The lowest BCUT2D eigenvalue weighted by Gasteiger charge is -2.47. The number of benzene rings is 1. The van der Waals surface area contributed by atoms with E-state index in [1.807, 2.05) is 38.4 Å². The third-order valence-corrected chi connectivity index (χ3v) is 6.99. The quantitative estimate of drug-likeness (QED) is 0.658. The van der Waals surface area contributed by atoms with Crippen molar-refractivity contribution in [3.8, 4) is 0 Å². The Labute approximate surface area is 165 Å². The first kappa shape index (κ1) is 20.0. The molecule has 3 rings (SSSR count). The summed E-state index contributed by atoms with van der Waals surface area (Å²) in [6, 6.07) is 8.24. The van der Waals surface area contributed by atoms with Gasteiger partial charge >= 0.3 is 6.03 Å². The summed E-state index contributed by atoms with van der Waals surface area (Å²) in [6.07, 6.45) is 13.0. The summed E-state index contributed by atoms with van der Waals surface area (Å²) in [7, 11) is 4.04. The Balaban J connectivity index is 1.63. The van der Waals surface area contributed by atoms with Gasteiger partial charge in [-0.25, -0.2) is 4.79 Å². The van der Waals surface area contributed by atoms with E-state index >= 15 is 0 Å². The molecular weight excluding hydrogens is 334 g/mol.